The molecule has 150 valence electrons. The molecule has 1 amide bonds. The summed E-state index contributed by atoms with van der Waals surface area (Å²) in [5.74, 6) is 1.10. The molecule has 2 fully saturated rings. The van der Waals surface area contributed by atoms with Crippen molar-refractivity contribution in [3.05, 3.63) is 28.2 Å². The summed E-state index contributed by atoms with van der Waals surface area (Å²) in [6.07, 6.45) is 2.23. The lowest BCUT2D eigenvalue weighted by atomic mass is 9.89. The maximum atomic E-state index is 12.9. The fraction of sp³-hybridized carbons (Fsp3) is 0.632. The van der Waals surface area contributed by atoms with Crippen LogP contribution >= 0.6 is 23.2 Å². The zero-order valence-corrected chi connectivity index (χ0v) is 18.0. The quantitative estimate of drug-likeness (QED) is 0.727. The second kappa shape index (κ2) is 8.27. The lowest BCUT2D eigenvalue weighted by Gasteiger charge is -2.39. The second-order valence-electron chi connectivity index (χ2n) is 7.94. The number of likely N-dealkylation sites (tertiary alicyclic amines) is 1. The summed E-state index contributed by atoms with van der Waals surface area (Å²) in [5.41, 5.74) is 0. The van der Waals surface area contributed by atoms with Crippen LogP contribution in [-0.2, 0) is 14.8 Å². The van der Waals surface area contributed by atoms with E-state index in [2.05, 4.69) is 13.8 Å². The third-order valence-electron chi connectivity index (χ3n) is 5.49. The first kappa shape index (κ1) is 20.9. The summed E-state index contributed by atoms with van der Waals surface area (Å²) in [5, 5.41) is 0.491. The predicted octanol–water partition coefficient (Wildman–Crippen LogP) is 3.90. The summed E-state index contributed by atoms with van der Waals surface area (Å²) >= 11 is 12.0. The van der Waals surface area contributed by atoms with E-state index in [4.69, 9.17) is 23.2 Å². The van der Waals surface area contributed by atoms with E-state index in [0.717, 1.165) is 19.5 Å². The molecule has 2 saturated heterocycles. The van der Waals surface area contributed by atoms with Crippen molar-refractivity contribution in [1.82, 2.24) is 9.21 Å². The molecule has 0 unspecified atom stereocenters. The molecular formula is C19H26Cl2N2O3S. The van der Waals surface area contributed by atoms with Crippen molar-refractivity contribution in [3.8, 4) is 0 Å². The molecule has 2 atom stereocenters. The largest absolute Gasteiger partial charge is 0.342 e. The van der Waals surface area contributed by atoms with Crippen LogP contribution in [0.2, 0.25) is 10.0 Å². The molecule has 0 aliphatic carbocycles. The highest BCUT2D eigenvalue weighted by Gasteiger charge is 2.36. The van der Waals surface area contributed by atoms with Crippen LogP contribution in [0.15, 0.2) is 23.1 Å². The topological polar surface area (TPSA) is 57.7 Å². The third kappa shape index (κ3) is 4.61. The van der Waals surface area contributed by atoms with E-state index in [1.165, 1.54) is 16.4 Å². The molecule has 8 heteroatoms. The molecular weight excluding hydrogens is 407 g/mol. The van der Waals surface area contributed by atoms with Crippen molar-refractivity contribution in [1.29, 1.82) is 0 Å². The molecule has 3 rings (SSSR count). The summed E-state index contributed by atoms with van der Waals surface area (Å²) in [6.45, 7) is 6.61. The van der Waals surface area contributed by atoms with Gasteiger partial charge in [-0.3, -0.25) is 4.79 Å². The Kier molecular flexibility index (Phi) is 6.41. The van der Waals surface area contributed by atoms with Gasteiger partial charge in [-0.2, -0.15) is 4.31 Å². The molecule has 27 heavy (non-hydrogen) atoms. The fourth-order valence-corrected chi connectivity index (χ4v) is 6.47. The van der Waals surface area contributed by atoms with Crippen LogP contribution in [-0.4, -0.2) is 49.7 Å². The Hall–Kier alpha value is -0.820. The number of halogens is 2. The molecule has 0 spiro atoms. The Morgan fingerprint density at radius 1 is 1.07 bits per heavy atom. The van der Waals surface area contributed by atoms with Gasteiger partial charge in [0, 0.05) is 37.1 Å². The number of piperidine rings is 2. The summed E-state index contributed by atoms with van der Waals surface area (Å²) in [7, 11) is -3.71. The number of hydrogen-bond acceptors (Lipinski definition) is 3. The van der Waals surface area contributed by atoms with Gasteiger partial charge in [0.1, 0.15) is 4.90 Å². The van der Waals surface area contributed by atoms with Crippen LogP contribution in [0.3, 0.4) is 0 Å². The van der Waals surface area contributed by atoms with Crippen LogP contribution in [0.25, 0.3) is 0 Å². The molecule has 0 N–H and O–H groups in total. The first-order valence-corrected chi connectivity index (χ1v) is 11.6. The summed E-state index contributed by atoms with van der Waals surface area (Å²) in [6, 6.07) is 4.44. The Morgan fingerprint density at radius 3 is 2.26 bits per heavy atom. The molecule has 2 heterocycles. The fourth-order valence-electron chi connectivity index (χ4n) is 4.26. The van der Waals surface area contributed by atoms with Crippen LogP contribution in [0.5, 0.6) is 0 Å². The lowest BCUT2D eigenvalue weighted by molar-refractivity contribution is -0.139. The van der Waals surface area contributed by atoms with Gasteiger partial charge >= 0.3 is 0 Å². The van der Waals surface area contributed by atoms with E-state index < -0.39 is 10.0 Å². The monoisotopic (exact) mass is 432 g/mol. The van der Waals surface area contributed by atoms with Crippen molar-refractivity contribution in [3.63, 3.8) is 0 Å². The first-order valence-electron chi connectivity index (χ1n) is 9.42. The Bertz CT molecular complexity index is 797. The zero-order valence-electron chi connectivity index (χ0n) is 15.7. The normalized spacial score (nSPS) is 25.6. The van der Waals surface area contributed by atoms with E-state index >= 15 is 0 Å². The minimum atomic E-state index is -3.71. The minimum Gasteiger partial charge on any atom is -0.342 e. The van der Waals surface area contributed by atoms with Gasteiger partial charge in [0.05, 0.1) is 5.02 Å². The standard InChI is InChI=1S/C19H26Cl2N2O3S/c1-13-9-14(2)12-22(11-13)19(24)15-5-7-23(8-6-15)27(25,26)18-10-16(20)3-4-17(18)21/h3-4,10,13-15H,5-9,11-12H2,1-2H3/t13-,14-/m1/s1. The lowest BCUT2D eigenvalue weighted by Crippen LogP contribution is -2.48. The van der Waals surface area contributed by atoms with Crippen LogP contribution < -0.4 is 0 Å². The van der Waals surface area contributed by atoms with Crippen molar-refractivity contribution < 1.29 is 13.2 Å². The van der Waals surface area contributed by atoms with Crippen LogP contribution in [0, 0.1) is 17.8 Å². The third-order valence-corrected chi connectivity index (χ3v) is 8.11. The number of benzene rings is 1. The smallest absolute Gasteiger partial charge is 0.244 e. The number of carbonyl (C=O) groups is 1. The van der Waals surface area contributed by atoms with E-state index in [0.29, 0.717) is 42.8 Å². The zero-order chi connectivity index (χ0) is 19.8. The van der Waals surface area contributed by atoms with E-state index in [1.54, 1.807) is 6.07 Å². The molecule has 0 saturated carbocycles. The molecule has 0 aromatic heterocycles. The Morgan fingerprint density at radius 2 is 1.67 bits per heavy atom. The number of amides is 1. The second-order valence-corrected chi connectivity index (χ2v) is 10.7. The maximum Gasteiger partial charge on any atom is 0.244 e. The Labute approximate surface area is 171 Å². The van der Waals surface area contributed by atoms with E-state index in [-0.39, 0.29) is 21.7 Å². The number of rotatable bonds is 3. The van der Waals surface area contributed by atoms with Gasteiger partial charge in [-0.1, -0.05) is 37.0 Å². The molecule has 2 aliphatic rings. The number of sulfonamides is 1. The van der Waals surface area contributed by atoms with Gasteiger partial charge in [-0.15, -0.1) is 0 Å². The van der Waals surface area contributed by atoms with Crippen LogP contribution in [0.1, 0.15) is 33.1 Å². The van der Waals surface area contributed by atoms with Gasteiger partial charge < -0.3 is 4.90 Å². The van der Waals surface area contributed by atoms with Crippen molar-refractivity contribution >= 4 is 39.1 Å². The van der Waals surface area contributed by atoms with Crippen LogP contribution in [0.4, 0.5) is 0 Å². The van der Waals surface area contributed by atoms with Gasteiger partial charge in [0.15, 0.2) is 0 Å². The summed E-state index contributed by atoms with van der Waals surface area (Å²) in [4.78, 5) is 14.9. The van der Waals surface area contributed by atoms with Crippen molar-refractivity contribution in [2.45, 2.75) is 38.0 Å². The molecule has 0 radical (unpaired) electrons. The molecule has 5 nitrogen and oxygen atoms in total. The van der Waals surface area contributed by atoms with Gasteiger partial charge in [-0.25, -0.2) is 8.42 Å². The highest BCUT2D eigenvalue weighted by atomic mass is 35.5. The number of nitrogens with zero attached hydrogens (tertiary/aromatic N) is 2. The average molecular weight is 433 g/mol. The number of hydrogen-bond donors (Lipinski definition) is 0. The first-order chi connectivity index (χ1) is 12.7. The SMILES string of the molecule is C[C@@H]1C[C@@H](C)CN(C(=O)C2CCN(S(=O)(=O)c3cc(Cl)ccc3Cl)CC2)C1. The minimum absolute atomic E-state index is 0.0279. The van der Waals surface area contributed by atoms with E-state index in [9.17, 15) is 13.2 Å². The van der Waals surface area contributed by atoms with Gasteiger partial charge in [0.25, 0.3) is 0 Å². The molecule has 0 bridgehead atoms. The molecule has 1 aromatic carbocycles. The maximum absolute atomic E-state index is 12.9. The van der Waals surface area contributed by atoms with Crippen molar-refractivity contribution in [2.75, 3.05) is 26.2 Å². The van der Waals surface area contributed by atoms with Gasteiger partial charge in [-0.05, 0) is 49.3 Å². The van der Waals surface area contributed by atoms with Crippen molar-refractivity contribution in [2.24, 2.45) is 17.8 Å². The average Bonchev–Trinajstić information content (AvgIpc) is 2.62. The predicted molar refractivity (Wildman–Crippen MR) is 107 cm³/mol. The highest BCUT2D eigenvalue weighted by molar-refractivity contribution is 7.89. The number of carbonyl (C=O) groups excluding carboxylic acids is 1. The molecule has 2 aliphatic heterocycles. The highest BCUT2D eigenvalue weighted by Crippen LogP contribution is 2.31. The summed E-state index contributed by atoms with van der Waals surface area (Å²) < 4.78 is 27.2. The molecule has 1 aromatic rings. The Balaban J connectivity index is 1.66. The van der Waals surface area contributed by atoms with E-state index in [1.807, 2.05) is 4.90 Å². The van der Waals surface area contributed by atoms with Gasteiger partial charge in [0.2, 0.25) is 15.9 Å².